The largest absolute Gasteiger partial charge is 0.324 e. The van der Waals surface area contributed by atoms with Crippen LogP contribution in [0.4, 0.5) is 10.1 Å². The highest BCUT2D eigenvalue weighted by Crippen LogP contribution is 2.41. The Kier molecular flexibility index (Phi) is 5.13. The Bertz CT molecular complexity index is 972. The molecule has 5 nitrogen and oxygen atoms in total. The molecule has 0 spiro atoms. The van der Waals surface area contributed by atoms with Gasteiger partial charge in [-0.25, -0.2) is 4.39 Å². The molecule has 1 N–H and O–H groups in total. The van der Waals surface area contributed by atoms with Crippen LogP contribution in [-0.2, 0) is 4.79 Å². The molecule has 8 heteroatoms. The summed E-state index contributed by atoms with van der Waals surface area (Å²) in [5.41, 5.74) is 1.39. The zero-order chi connectivity index (χ0) is 18.8. The number of para-hydroxylation sites is 1. The molecule has 3 aromatic rings. The molecule has 1 aromatic heterocycles. The number of rotatable bonds is 6. The van der Waals surface area contributed by atoms with Gasteiger partial charge >= 0.3 is 0 Å². The van der Waals surface area contributed by atoms with Crippen LogP contribution in [0.25, 0.3) is 11.4 Å². The highest BCUT2D eigenvalue weighted by atomic mass is 35.5. The molecule has 1 aliphatic carbocycles. The fraction of sp³-hybridized carbons (Fsp3) is 0.211. The first kappa shape index (κ1) is 18.0. The van der Waals surface area contributed by atoms with E-state index in [9.17, 15) is 9.18 Å². The standard InChI is InChI=1S/C19H16ClFN4OS/c20-15-3-1-2-4-16(15)22-17(26)11-27-19-24-23-18(25(19)14-9-10-14)12-5-7-13(21)8-6-12/h1-8,14H,9-11H2,(H,22,26). The van der Waals surface area contributed by atoms with Crippen LogP contribution in [0.3, 0.4) is 0 Å². The molecular weight excluding hydrogens is 387 g/mol. The van der Waals surface area contributed by atoms with E-state index in [2.05, 4.69) is 15.5 Å². The Balaban J connectivity index is 1.48. The van der Waals surface area contributed by atoms with Gasteiger partial charge in [-0.05, 0) is 49.2 Å². The van der Waals surface area contributed by atoms with Gasteiger partial charge < -0.3 is 5.32 Å². The van der Waals surface area contributed by atoms with E-state index in [1.807, 2.05) is 16.7 Å². The average molecular weight is 403 g/mol. The molecule has 0 atom stereocenters. The second kappa shape index (κ2) is 7.70. The predicted molar refractivity (Wildman–Crippen MR) is 104 cm³/mol. The van der Waals surface area contributed by atoms with Crippen molar-refractivity contribution in [1.82, 2.24) is 14.8 Å². The van der Waals surface area contributed by atoms with E-state index in [-0.39, 0.29) is 17.5 Å². The normalized spacial score (nSPS) is 13.6. The summed E-state index contributed by atoms with van der Waals surface area (Å²) in [7, 11) is 0. The number of carbonyl (C=O) groups is 1. The molecule has 2 aromatic carbocycles. The zero-order valence-corrected chi connectivity index (χ0v) is 15.8. The number of amides is 1. The van der Waals surface area contributed by atoms with E-state index in [1.54, 1.807) is 24.3 Å². The van der Waals surface area contributed by atoms with E-state index in [0.29, 0.717) is 27.7 Å². The van der Waals surface area contributed by atoms with Crippen molar-refractivity contribution in [3.05, 3.63) is 59.4 Å². The average Bonchev–Trinajstić information content (AvgIpc) is 3.42. The van der Waals surface area contributed by atoms with Crippen LogP contribution >= 0.6 is 23.4 Å². The lowest BCUT2D eigenvalue weighted by Crippen LogP contribution is -2.15. The van der Waals surface area contributed by atoms with Crippen LogP contribution in [0.5, 0.6) is 0 Å². The topological polar surface area (TPSA) is 59.8 Å². The molecule has 0 saturated heterocycles. The third-order valence-electron chi connectivity index (χ3n) is 4.16. The van der Waals surface area contributed by atoms with Gasteiger partial charge in [-0.2, -0.15) is 0 Å². The van der Waals surface area contributed by atoms with Crippen molar-refractivity contribution < 1.29 is 9.18 Å². The number of aromatic nitrogens is 3. The third-order valence-corrected chi connectivity index (χ3v) is 5.43. The molecule has 1 heterocycles. The van der Waals surface area contributed by atoms with E-state index >= 15 is 0 Å². The Morgan fingerprint density at radius 3 is 2.63 bits per heavy atom. The Morgan fingerprint density at radius 1 is 1.19 bits per heavy atom. The van der Waals surface area contributed by atoms with Crippen molar-refractivity contribution >= 4 is 35.0 Å². The Hall–Kier alpha value is -2.38. The number of nitrogens with zero attached hydrogens (tertiary/aromatic N) is 3. The third kappa shape index (κ3) is 4.14. The molecule has 1 aliphatic rings. The predicted octanol–water partition coefficient (Wildman–Crippen LogP) is 4.80. The van der Waals surface area contributed by atoms with Gasteiger partial charge in [0.2, 0.25) is 5.91 Å². The minimum atomic E-state index is -0.290. The first-order chi connectivity index (χ1) is 13.1. The highest BCUT2D eigenvalue weighted by Gasteiger charge is 2.30. The first-order valence-corrected chi connectivity index (χ1v) is 9.86. The van der Waals surface area contributed by atoms with Crippen molar-refractivity contribution in [2.75, 3.05) is 11.1 Å². The maximum Gasteiger partial charge on any atom is 0.234 e. The number of hydrogen-bond acceptors (Lipinski definition) is 4. The molecule has 1 fully saturated rings. The summed E-state index contributed by atoms with van der Waals surface area (Å²) in [5.74, 6) is 0.440. The van der Waals surface area contributed by atoms with Crippen LogP contribution in [-0.4, -0.2) is 26.4 Å². The SMILES string of the molecule is O=C(CSc1nnc(-c2ccc(F)cc2)n1C1CC1)Nc1ccccc1Cl. The van der Waals surface area contributed by atoms with Crippen LogP contribution in [0.2, 0.25) is 5.02 Å². The van der Waals surface area contributed by atoms with Crippen molar-refractivity contribution in [2.45, 2.75) is 24.0 Å². The summed E-state index contributed by atoms with van der Waals surface area (Å²) >= 11 is 7.40. The molecule has 138 valence electrons. The minimum Gasteiger partial charge on any atom is -0.324 e. The van der Waals surface area contributed by atoms with Crippen molar-refractivity contribution in [2.24, 2.45) is 0 Å². The molecule has 0 aliphatic heterocycles. The van der Waals surface area contributed by atoms with Gasteiger partial charge in [-0.15, -0.1) is 10.2 Å². The van der Waals surface area contributed by atoms with Gasteiger partial charge in [-0.3, -0.25) is 9.36 Å². The Labute approximate surface area is 164 Å². The molecule has 0 unspecified atom stereocenters. The number of halogens is 2. The van der Waals surface area contributed by atoms with Gasteiger partial charge in [0.1, 0.15) is 5.82 Å². The van der Waals surface area contributed by atoms with E-state index in [4.69, 9.17) is 11.6 Å². The second-order valence-corrected chi connectivity index (χ2v) is 7.58. The van der Waals surface area contributed by atoms with E-state index < -0.39 is 0 Å². The summed E-state index contributed by atoms with van der Waals surface area (Å²) in [6, 6.07) is 13.6. The summed E-state index contributed by atoms with van der Waals surface area (Å²) in [4.78, 5) is 12.3. The number of anilines is 1. The summed E-state index contributed by atoms with van der Waals surface area (Å²) in [5, 5.41) is 12.5. The van der Waals surface area contributed by atoms with Crippen molar-refractivity contribution in [3.8, 4) is 11.4 Å². The zero-order valence-electron chi connectivity index (χ0n) is 14.2. The van der Waals surface area contributed by atoms with Crippen molar-refractivity contribution in [1.29, 1.82) is 0 Å². The van der Waals surface area contributed by atoms with Crippen LogP contribution < -0.4 is 5.32 Å². The van der Waals surface area contributed by atoms with Gasteiger partial charge in [0.15, 0.2) is 11.0 Å². The van der Waals surface area contributed by atoms with E-state index in [1.165, 1.54) is 23.9 Å². The fourth-order valence-electron chi connectivity index (χ4n) is 2.71. The Morgan fingerprint density at radius 2 is 1.93 bits per heavy atom. The van der Waals surface area contributed by atoms with Gasteiger partial charge in [0, 0.05) is 11.6 Å². The lowest BCUT2D eigenvalue weighted by atomic mass is 10.2. The molecule has 0 bridgehead atoms. The highest BCUT2D eigenvalue weighted by molar-refractivity contribution is 7.99. The molecule has 0 radical (unpaired) electrons. The summed E-state index contributed by atoms with van der Waals surface area (Å²) in [6.45, 7) is 0. The molecule has 1 amide bonds. The van der Waals surface area contributed by atoms with Crippen LogP contribution in [0, 0.1) is 5.82 Å². The monoisotopic (exact) mass is 402 g/mol. The number of benzene rings is 2. The van der Waals surface area contributed by atoms with Gasteiger partial charge in [0.05, 0.1) is 16.5 Å². The quantitative estimate of drug-likeness (QED) is 0.601. The summed E-state index contributed by atoms with van der Waals surface area (Å²) < 4.78 is 15.2. The number of nitrogens with one attached hydrogen (secondary N) is 1. The molecular formula is C19H16ClFN4OS. The fourth-order valence-corrected chi connectivity index (χ4v) is 3.70. The van der Waals surface area contributed by atoms with Gasteiger partial charge in [0.25, 0.3) is 0 Å². The number of hydrogen-bond donors (Lipinski definition) is 1. The smallest absolute Gasteiger partial charge is 0.234 e. The number of carbonyl (C=O) groups excluding carboxylic acids is 1. The van der Waals surface area contributed by atoms with Crippen LogP contribution in [0.15, 0.2) is 53.7 Å². The van der Waals surface area contributed by atoms with Crippen molar-refractivity contribution in [3.63, 3.8) is 0 Å². The second-order valence-electron chi connectivity index (χ2n) is 6.23. The summed E-state index contributed by atoms with van der Waals surface area (Å²) in [6.07, 6.45) is 2.09. The first-order valence-electron chi connectivity index (χ1n) is 8.50. The van der Waals surface area contributed by atoms with Crippen LogP contribution in [0.1, 0.15) is 18.9 Å². The maximum atomic E-state index is 13.2. The molecule has 27 heavy (non-hydrogen) atoms. The molecule has 4 rings (SSSR count). The molecule has 1 saturated carbocycles. The van der Waals surface area contributed by atoms with Gasteiger partial charge in [-0.1, -0.05) is 35.5 Å². The maximum absolute atomic E-state index is 13.2. The van der Waals surface area contributed by atoms with E-state index in [0.717, 1.165) is 18.4 Å². The lowest BCUT2D eigenvalue weighted by Gasteiger charge is -2.09. The minimum absolute atomic E-state index is 0.165. The number of thioether (sulfide) groups is 1. The lowest BCUT2D eigenvalue weighted by molar-refractivity contribution is -0.113.